The van der Waals surface area contributed by atoms with E-state index in [4.69, 9.17) is 17.3 Å². The number of carbonyl (C=O) groups excluding carboxylic acids is 2. The van der Waals surface area contributed by atoms with Crippen molar-refractivity contribution < 1.29 is 9.59 Å². The Balaban J connectivity index is 1.38. The first-order valence-corrected chi connectivity index (χ1v) is 13.4. The van der Waals surface area contributed by atoms with E-state index >= 15 is 0 Å². The molecule has 0 saturated carbocycles. The molecule has 0 aromatic heterocycles. The molecular weight excluding hydrogens is 494 g/mol. The number of rotatable bonds is 8. The van der Waals surface area contributed by atoms with Gasteiger partial charge in [0.05, 0.1) is 11.8 Å². The Morgan fingerprint density at radius 2 is 1.58 bits per heavy atom. The van der Waals surface area contributed by atoms with Gasteiger partial charge in [-0.3, -0.25) is 9.59 Å². The molecule has 5 rings (SSSR count). The Labute approximate surface area is 228 Å². The van der Waals surface area contributed by atoms with Gasteiger partial charge in [-0.25, -0.2) is 0 Å². The Morgan fingerprint density at radius 1 is 0.895 bits per heavy atom. The van der Waals surface area contributed by atoms with Gasteiger partial charge in [0.2, 0.25) is 11.8 Å². The van der Waals surface area contributed by atoms with Crippen molar-refractivity contribution >= 4 is 34.2 Å². The molecule has 1 saturated heterocycles. The molecule has 0 aliphatic carbocycles. The van der Waals surface area contributed by atoms with Crippen molar-refractivity contribution in [2.45, 2.75) is 24.8 Å². The summed E-state index contributed by atoms with van der Waals surface area (Å²) in [6.45, 7) is 1.86. The van der Waals surface area contributed by atoms with Gasteiger partial charge in [-0.1, -0.05) is 96.5 Å². The summed E-state index contributed by atoms with van der Waals surface area (Å²) in [7, 11) is 0. The highest BCUT2D eigenvalue weighted by atomic mass is 35.5. The van der Waals surface area contributed by atoms with Gasteiger partial charge in [-0.15, -0.1) is 0 Å². The van der Waals surface area contributed by atoms with Crippen molar-refractivity contribution in [3.63, 3.8) is 0 Å². The van der Waals surface area contributed by atoms with E-state index in [1.165, 1.54) is 16.3 Å². The molecule has 4 aromatic carbocycles. The smallest absolute Gasteiger partial charge is 0.227 e. The van der Waals surface area contributed by atoms with Crippen molar-refractivity contribution in [3.8, 4) is 0 Å². The Hall–Kier alpha value is -3.67. The molecule has 194 valence electrons. The lowest BCUT2D eigenvalue weighted by Crippen LogP contribution is -2.55. The molecule has 6 heteroatoms. The molecule has 3 atom stereocenters. The SMILES string of the molecule is NC(=O)C(c1ccccc1)[C@@H](Cc1ccc(Cl)cc1)C(=O)N1CCN[C@H](Cc2ccc3ccccc3c2)C1. The van der Waals surface area contributed by atoms with Crippen LogP contribution in [0.15, 0.2) is 97.1 Å². The first kappa shape index (κ1) is 26.0. The van der Waals surface area contributed by atoms with E-state index in [1.54, 1.807) is 0 Å². The minimum atomic E-state index is -0.729. The van der Waals surface area contributed by atoms with Crippen LogP contribution in [-0.2, 0) is 22.4 Å². The van der Waals surface area contributed by atoms with Gasteiger partial charge in [-0.05, 0) is 52.4 Å². The third kappa shape index (κ3) is 6.07. The molecule has 1 aliphatic rings. The second kappa shape index (κ2) is 11.8. The molecule has 1 fully saturated rings. The number of amides is 2. The van der Waals surface area contributed by atoms with Crippen LogP contribution in [-0.4, -0.2) is 42.4 Å². The highest BCUT2D eigenvalue weighted by Gasteiger charge is 2.37. The second-order valence-electron chi connectivity index (χ2n) is 10.0. The predicted molar refractivity (Wildman–Crippen MR) is 153 cm³/mol. The van der Waals surface area contributed by atoms with Crippen LogP contribution in [0.4, 0.5) is 0 Å². The first-order chi connectivity index (χ1) is 18.5. The Morgan fingerprint density at radius 3 is 2.32 bits per heavy atom. The van der Waals surface area contributed by atoms with Crippen molar-refractivity contribution in [2.75, 3.05) is 19.6 Å². The number of halogens is 1. The van der Waals surface area contributed by atoms with Crippen LogP contribution < -0.4 is 11.1 Å². The van der Waals surface area contributed by atoms with Crippen molar-refractivity contribution in [1.82, 2.24) is 10.2 Å². The fraction of sp³-hybridized carbons (Fsp3) is 0.250. The molecule has 0 spiro atoms. The van der Waals surface area contributed by atoms with Crippen molar-refractivity contribution in [1.29, 1.82) is 0 Å². The third-order valence-corrected chi connectivity index (χ3v) is 7.67. The van der Waals surface area contributed by atoms with Crippen LogP contribution in [0.3, 0.4) is 0 Å². The zero-order chi connectivity index (χ0) is 26.5. The molecule has 4 aromatic rings. The molecule has 5 nitrogen and oxygen atoms in total. The summed E-state index contributed by atoms with van der Waals surface area (Å²) in [5.41, 5.74) is 8.88. The summed E-state index contributed by atoms with van der Waals surface area (Å²) in [5, 5.41) is 6.64. The van der Waals surface area contributed by atoms with Crippen LogP contribution in [0.5, 0.6) is 0 Å². The second-order valence-corrected chi connectivity index (χ2v) is 10.5. The van der Waals surface area contributed by atoms with Crippen LogP contribution >= 0.6 is 11.6 Å². The molecule has 1 unspecified atom stereocenters. The Bertz CT molecular complexity index is 1410. The van der Waals surface area contributed by atoms with Gasteiger partial charge >= 0.3 is 0 Å². The quantitative estimate of drug-likeness (QED) is 0.341. The number of nitrogens with two attached hydrogens (primary N) is 1. The number of benzene rings is 4. The number of hydrogen-bond donors (Lipinski definition) is 2. The lowest BCUT2D eigenvalue weighted by atomic mass is 9.80. The highest BCUT2D eigenvalue weighted by Crippen LogP contribution is 2.30. The predicted octanol–water partition coefficient (Wildman–Crippen LogP) is 4.96. The minimum absolute atomic E-state index is 0.0439. The van der Waals surface area contributed by atoms with Crippen LogP contribution in [0, 0.1) is 5.92 Å². The molecule has 0 radical (unpaired) electrons. The van der Waals surface area contributed by atoms with Gasteiger partial charge in [0.15, 0.2) is 0 Å². The van der Waals surface area contributed by atoms with Gasteiger partial charge < -0.3 is 16.0 Å². The van der Waals surface area contributed by atoms with Crippen LogP contribution in [0.1, 0.15) is 22.6 Å². The van der Waals surface area contributed by atoms with Gasteiger partial charge in [0.25, 0.3) is 0 Å². The Kier molecular flexibility index (Phi) is 8.06. The molecule has 38 heavy (non-hydrogen) atoms. The summed E-state index contributed by atoms with van der Waals surface area (Å²) < 4.78 is 0. The summed E-state index contributed by atoms with van der Waals surface area (Å²) in [6.07, 6.45) is 1.21. The normalized spacial score (nSPS) is 17.2. The van der Waals surface area contributed by atoms with Crippen LogP contribution in [0.2, 0.25) is 5.02 Å². The molecule has 3 N–H and O–H groups in total. The minimum Gasteiger partial charge on any atom is -0.369 e. The first-order valence-electron chi connectivity index (χ1n) is 13.1. The summed E-state index contributed by atoms with van der Waals surface area (Å²) in [6, 6.07) is 31.8. The average Bonchev–Trinajstić information content (AvgIpc) is 2.94. The molecule has 1 aliphatic heterocycles. The number of hydrogen-bond acceptors (Lipinski definition) is 3. The molecular formula is C32H32ClN3O2. The number of carbonyl (C=O) groups is 2. The zero-order valence-electron chi connectivity index (χ0n) is 21.2. The summed E-state index contributed by atoms with van der Waals surface area (Å²) in [5.74, 6) is -1.88. The monoisotopic (exact) mass is 525 g/mol. The number of fused-ring (bicyclic) bond motifs is 1. The van der Waals surface area contributed by atoms with Gasteiger partial charge in [0, 0.05) is 30.7 Å². The van der Waals surface area contributed by atoms with E-state index in [0.717, 1.165) is 17.5 Å². The van der Waals surface area contributed by atoms with Crippen molar-refractivity contribution in [3.05, 3.63) is 119 Å². The number of nitrogens with zero attached hydrogens (tertiary/aromatic N) is 1. The van der Waals surface area contributed by atoms with E-state index in [-0.39, 0.29) is 11.9 Å². The topological polar surface area (TPSA) is 75.4 Å². The van der Waals surface area contributed by atoms with E-state index in [1.807, 2.05) is 71.6 Å². The van der Waals surface area contributed by atoms with Crippen molar-refractivity contribution in [2.24, 2.45) is 11.7 Å². The third-order valence-electron chi connectivity index (χ3n) is 7.42. The van der Waals surface area contributed by atoms with E-state index in [9.17, 15) is 9.59 Å². The molecule has 1 heterocycles. The maximum atomic E-state index is 14.1. The lowest BCUT2D eigenvalue weighted by molar-refractivity contribution is -0.140. The van der Waals surface area contributed by atoms with E-state index in [0.29, 0.717) is 31.1 Å². The zero-order valence-corrected chi connectivity index (χ0v) is 22.0. The number of piperazine rings is 1. The standard InChI is InChI=1S/C32H32ClN3O2/c33-27-14-11-22(12-15-27)20-29(30(31(34)37)25-7-2-1-3-8-25)32(38)36-17-16-35-28(21-36)19-23-10-13-24-6-4-5-9-26(24)18-23/h1-15,18,28-30,35H,16-17,19-21H2,(H2,34,37)/t28-,29-,30?/m1/s1. The summed E-state index contributed by atoms with van der Waals surface area (Å²) >= 11 is 6.10. The number of nitrogens with one attached hydrogen (secondary N) is 1. The van der Waals surface area contributed by atoms with Crippen LogP contribution in [0.25, 0.3) is 10.8 Å². The fourth-order valence-electron chi connectivity index (χ4n) is 5.52. The lowest BCUT2D eigenvalue weighted by Gasteiger charge is -2.37. The largest absolute Gasteiger partial charge is 0.369 e. The number of primary amides is 1. The molecule has 0 bridgehead atoms. The van der Waals surface area contributed by atoms with E-state index < -0.39 is 17.7 Å². The van der Waals surface area contributed by atoms with E-state index in [2.05, 4.69) is 35.6 Å². The highest BCUT2D eigenvalue weighted by molar-refractivity contribution is 6.30. The maximum Gasteiger partial charge on any atom is 0.227 e. The van der Waals surface area contributed by atoms with Gasteiger partial charge in [-0.2, -0.15) is 0 Å². The average molecular weight is 526 g/mol. The summed E-state index contributed by atoms with van der Waals surface area (Å²) in [4.78, 5) is 28.8. The molecule has 2 amide bonds. The van der Waals surface area contributed by atoms with Gasteiger partial charge in [0.1, 0.15) is 0 Å². The fourth-order valence-corrected chi connectivity index (χ4v) is 5.65. The maximum absolute atomic E-state index is 14.1.